The molecule has 0 spiro atoms. The van der Waals surface area contributed by atoms with Gasteiger partial charge in [-0.2, -0.15) is 4.31 Å². The molecule has 0 unspecified atom stereocenters. The zero-order chi connectivity index (χ0) is 21.4. The van der Waals surface area contributed by atoms with Crippen LogP contribution in [0.5, 0.6) is 5.75 Å². The second-order valence-corrected chi connectivity index (χ2v) is 8.60. The topological polar surface area (TPSA) is 95.9 Å². The van der Waals surface area contributed by atoms with E-state index in [0.717, 1.165) is 4.31 Å². The van der Waals surface area contributed by atoms with Crippen molar-refractivity contribution >= 4 is 15.9 Å². The Balaban J connectivity index is 2.46. The molecule has 2 aromatic carbocycles. The van der Waals surface area contributed by atoms with Gasteiger partial charge in [0.2, 0.25) is 10.0 Å². The molecule has 0 bridgehead atoms. The van der Waals surface area contributed by atoms with Crippen molar-refractivity contribution in [3.63, 3.8) is 0 Å². The Labute approximate surface area is 170 Å². The summed E-state index contributed by atoms with van der Waals surface area (Å²) in [5, 5.41) is 9.16. The minimum Gasteiger partial charge on any atom is -0.491 e. The fraction of sp³-hybridized carbons (Fsp3) is 0.350. The van der Waals surface area contributed by atoms with E-state index in [1.807, 2.05) is 0 Å². The van der Waals surface area contributed by atoms with Gasteiger partial charge in [-0.15, -0.1) is 0 Å². The molecule has 7 nitrogen and oxygen atoms in total. The Kier molecular flexibility index (Phi) is 8.12. The maximum atomic E-state index is 13.4. The molecule has 0 aliphatic heterocycles. The van der Waals surface area contributed by atoms with Gasteiger partial charge in [-0.05, 0) is 35.7 Å². The van der Waals surface area contributed by atoms with Gasteiger partial charge in [-0.1, -0.05) is 44.2 Å². The number of hydrogen-bond acceptors (Lipinski definition) is 5. The molecule has 0 heterocycles. The summed E-state index contributed by atoms with van der Waals surface area (Å²) in [4.78, 5) is 12.3. The number of alkyl halides is 1. The number of benzene rings is 2. The smallest absolute Gasteiger partial charge is 0.262 e. The van der Waals surface area contributed by atoms with E-state index in [1.165, 1.54) is 24.3 Å². The third-order valence-electron chi connectivity index (χ3n) is 4.28. The molecule has 29 heavy (non-hydrogen) atoms. The summed E-state index contributed by atoms with van der Waals surface area (Å²) >= 11 is 0. The highest BCUT2D eigenvalue weighted by Gasteiger charge is 2.38. The molecule has 0 aliphatic rings. The first-order chi connectivity index (χ1) is 13.8. The van der Waals surface area contributed by atoms with Crippen molar-refractivity contribution in [3.8, 4) is 5.75 Å². The molecular weight excluding hydrogens is 398 g/mol. The Hall–Kier alpha value is -2.49. The van der Waals surface area contributed by atoms with Gasteiger partial charge in [0.15, 0.2) is 0 Å². The van der Waals surface area contributed by atoms with E-state index in [2.05, 4.69) is 0 Å². The monoisotopic (exact) mass is 423 g/mol. The quantitative estimate of drug-likeness (QED) is 0.453. The molecule has 0 aromatic heterocycles. The number of ether oxygens (including phenoxy) is 1. The van der Waals surface area contributed by atoms with E-state index in [0.29, 0.717) is 11.3 Å². The summed E-state index contributed by atoms with van der Waals surface area (Å²) in [7, 11) is -4.10. The first kappa shape index (κ1) is 22.8. The van der Waals surface area contributed by atoms with Crippen LogP contribution in [0.3, 0.4) is 0 Å². The number of sulfonamides is 1. The lowest BCUT2D eigenvalue weighted by molar-refractivity contribution is -0.134. The molecule has 1 amide bonds. The van der Waals surface area contributed by atoms with E-state index in [1.54, 1.807) is 49.7 Å². The average molecular weight is 423 g/mol. The Morgan fingerprint density at radius 3 is 2.28 bits per heavy atom. The minimum atomic E-state index is -4.10. The van der Waals surface area contributed by atoms with Crippen LogP contribution in [-0.2, 0) is 21.4 Å². The van der Waals surface area contributed by atoms with Gasteiger partial charge < -0.3 is 4.74 Å². The normalized spacial score (nSPS) is 12.8. The number of carbonyl (C=O) groups excluding carboxylic acids is 1. The maximum Gasteiger partial charge on any atom is 0.262 e. The van der Waals surface area contributed by atoms with Gasteiger partial charge in [0.25, 0.3) is 5.91 Å². The zero-order valence-electron chi connectivity index (χ0n) is 16.3. The van der Waals surface area contributed by atoms with Crippen molar-refractivity contribution in [2.75, 3.05) is 13.3 Å². The summed E-state index contributed by atoms with van der Waals surface area (Å²) in [6.45, 7) is 2.55. The van der Waals surface area contributed by atoms with Crippen LogP contribution in [-0.4, -0.2) is 43.2 Å². The van der Waals surface area contributed by atoms with Crippen LogP contribution in [0.1, 0.15) is 19.4 Å². The number of carbonyl (C=O) groups is 1. The van der Waals surface area contributed by atoms with Crippen molar-refractivity contribution in [2.45, 2.75) is 31.3 Å². The van der Waals surface area contributed by atoms with E-state index in [9.17, 15) is 17.6 Å². The SMILES string of the molecule is CC(C)[C@H](C(=O)NO)N(Cc1ccccc1)S(=O)(=O)c1ccc(OCC[18F])cc1. The van der Waals surface area contributed by atoms with Gasteiger partial charge in [0.1, 0.15) is 25.1 Å². The molecule has 2 rings (SSSR count). The summed E-state index contributed by atoms with van der Waals surface area (Å²) in [6, 6.07) is 13.3. The van der Waals surface area contributed by atoms with E-state index in [-0.39, 0.29) is 18.0 Å². The molecule has 2 aromatic rings. The summed E-state index contributed by atoms with van der Waals surface area (Å²) < 4.78 is 45.2. The van der Waals surface area contributed by atoms with Crippen LogP contribution in [0.2, 0.25) is 0 Å². The number of nitrogens with zero attached hydrogens (tertiary/aromatic N) is 1. The molecule has 0 saturated carbocycles. The van der Waals surface area contributed by atoms with Crippen molar-refractivity contribution < 1.29 is 27.5 Å². The van der Waals surface area contributed by atoms with Crippen molar-refractivity contribution in [1.29, 1.82) is 0 Å². The number of hydrogen-bond donors (Lipinski definition) is 2. The standard InChI is InChI=1S/C20H25FN2O5S/c1-15(2)19(20(24)22-25)23(14-16-6-4-3-5-7-16)29(26,27)18-10-8-17(9-11-18)28-13-12-21/h3-11,15,19,25H,12-14H2,1-2H3,(H,22,24)/t19-/m1/s1/i21-1. The zero-order valence-corrected chi connectivity index (χ0v) is 17.1. The summed E-state index contributed by atoms with van der Waals surface area (Å²) in [5.74, 6) is -0.889. The number of hydroxylamine groups is 1. The first-order valence-corrected chi connectivity index (χ1v) is 10.5. The van der Waals surface area contributed by atoms with Crippen LogP contribution in [0.4, 0.5) is 4.39 Å². The van der Waals surface area contributed by atoms with Crippen molar-refractivity contribution in [2.24, 2.45) is 5.92 Å². The number of amides is 1. The van der Waals surface area contributed by atoms with Crippen LogP contribution >= 0.6 is 0 Å². The summed E-state index contributed by atoms with van der Waals surface area (Å²) in [5.41, 5.74) is 2.26. The second kappa shape index (κ2) is 10.3. The highest BCUT2D eigenvalue weighted by Crippen LogP contribution is 2.26. The second-order valence-electron chi connectivity index (χ2n) is 6.71. The molecule has 0 saturated heterocycles. The van der Waals surface area contributed by atoms with E-state index in [4.69, 9.17) is 9.94 Å². The highest BCUT2D eigenvalue weighted by molar-refractivity contribution is 7.89. The van der Waals surface area contributed by atoms with Crippen LogP contribution in [0.25, 0.3) is 0 Å². The van der Waals surface area contributed by atoms with E-state index < -0.39 is 34.6 Å². The number of halogens is 1. The molecule has 1 atom stereocenters. The third-order valence-corrected chi connectivity index (χ3v) is 6.12. The summed E-state index contributed by atoms with van der Waals surface area (Å²) in [6.07, 6.45) is 0. The van der Waals surface area contributed by atoms with Gasteiger partial charge in [0, 0.05) is 6.54 Å². The molecule has 2 N–H and O–H groups in total. The Morgan fingerprint density at radius 1 is 1.14 bits per heavy atom. The molecular formula is C20H25FN2O5S. The lowest BCUT2D eigenvalue weighted by Crippen LogP contribution is -2.51. The van der Waals surface area contributed by atoms with Gasteiger partial charge in [-0.3, -0.25) is 10.0 Å². The van der Waals surface area contributed by atoms with Crippen LogP contribution < -0.4 is 10.2 Å². The lowest BCUT2D eigenvalue weighted by atomic mass is 10.0. The highest BCUT2D eigenvalue weighted by atomic mass is 32.2. The fourth-order valence-corrected chi connectivity index (χ4v) is 4.64. The van der Waals surface area contributed by atoms with Crippen molar-refractivity contribution in [1.82, 2.24) is 9.79 Å². The molecule has 158 valence electrons. The maximum absolute atomic E-state index is 13.4. The Morgan fingerprint density at radius 2 is 1.76 bits per heavy atom. The van der Waals surface area contributed by atoms with Crippen LogP contribution in [0, 0.1) is 5.92 Å². The number of nitrogens with one attached hydrogen (secondary N) is 1. The molecule has 0 aliphatic carbocycles. The Bertz CT molecular complexity index is 889. The average Bonchev–Trinajstić information content (AvgIpc) is 2.72. The lowest BCUT2D eigenvalue weighted by Gasteiger charge is -2.32. The first-order valence-electron chi connectivity index (χ1n) is 9.09. The van der Waals surface area contributed by atoms with Gasteiger partial charge >= 0.3 is 0 Å². The fourth-order valence-electron chi connectivity index (χ4n) is 2.93. The van der Waals surface area contributed by atoms with Crippen molar-refractivity contribution in [3.05, 3.63) is 60.2 Å². The molecule has 9 heteroatoms. The molecule has 0 radical (unpaired) electrons. The largest absolute Gasteiger partial charge is 0.491 e. The number of rotatable bonds is 10. The van der Waals surface area contributed by atoms with Gasteiger partial charge in [-0.25, -0.2) is 18.3 Å². The van der Waals surface area contributed by atoms with E-state index >= 15 is 0 Å². The van der Waals surface area contributed by atoms with Gasteiger partial charge in [0.05, 0.1) is 4.90 Å². The van der Waals surface area contributed by atoms with Crippen LogP contribution in [0.15, 0.2) is 59.5 Å². The minimum absolute atomic E-state index is 0.0441. The third kappa shape index (κ3) is 5.75. The predicted molar refractivity (Wildman–Crippen MR) is 106 cm³/mol. The predicted octanol–water partition coefficient (Wildman–Crippen LogP) is 2.76. The molecule has 0 fully saturated rings.